The van der Waals surface area contributed by atoms with Crippen molar-refractivity contribution in [3.8, 4) is 11.5 Å². The Labute approximate surface area is 63.4 Å². The van der Waals surface area contributed by atoms with Crippen molar-refractivity contribution in [2.24, 2.45) is 0 Å². The highest BCUT2D eigenvalue weighted by Crippen LogP contribution is 2.23. The van der Waals surface area contributed by atoms with Crippen molar-refractivity contribution in [3.63, 3.8) is 0 Å². The molecule has 0 aromatic carbocycles. The van der Waals surface area contributed by atoms with Crippen LogP contribution in [0.3, 0.4) is 0 Å². The predicted octanol–water partition coefficient (Wildman–Crippen LogP) is 1.72. The van der Waals surface area contributed by atoms with Crippen LogP contribution in [0.15, 0.2) is 0 Å². The lowest BCUT2D eigenvalue weighted by Gasteiger charge is -2.10. The van der Waals surface area contributed by atoms with Crippen LogP contribution in [0.4, 0.5) is 0 Å². The minimum Gasteiger partial charge on any atom is -0.197 e. The lowest BCUT2D eigenvalue weighted by molar-refractivity contribution is 0.928. The number of nitriles is 2. The van der Waals surface area contributed by atoms with E-state index >= 15 is 0 Å². The smallest absolute Gasteiger partial charge is 0.135 e. The van der Waals surface area contributed by atoms with Crippen LogP contribution in [0.2, 0.25) is 0 Å². The summed E-state index contributed by atoms with van der Waals surface area (Å²) >= 11 is 6.28. The molecule has 0 N–H and O–H groups in total. The third kappa shape index (κ3) is 2.60. The maximum absolute atomic E-state index is 8.41. The SMILES string of the molecule is CC(C#N)(CCl)SC#N. The van der Waals surface area contributed by atoms with Crippen molar-refractivity contribution in [2.45, 2.75) is 11.7 Å². The third-order valence-corrected chi connectivity index (χ3v) is 2.23. The van der Waals surface area contributed by atoms with E-state index in [1.807, 2.05) is 11.5 Å². The fourth-order valence-corrected chi connectivity index (χ4v) is 0.706. The molecule has 0 fully saturated rings. The van der Waals surface area contributed by atoms with E-state index in [9.17, 15) is 0 Å². The largest absolute Gasteiger partial charge is 0.197 e. The van der Waals surface area contributed by atoms with Crippen LogP contribution >= 0.6 is 23.4 Å². The third-order valence-electron chi connectivity index (χ3n) is 0.762. The predicted molar refractivity (Wildman–Crippen MR) is 37.9 cm³/mol. The lowest BCUT2D eigenvalue weighted by Crippen LogP contribution is -2.17. The van der Waals surface area contributed by atoms with E-state index in [4.69, 9.17) is 22.1 Å². The molecule has 0 aliphatic heterocycles. The number of thioether (sulfide) groups is 1. The van der Waals surface area contributed by atoms with Crippen LogP contribution < -0.4 is 0 Å². The number of alkyl halides is 1. The van der Waals surface area contributed by atoms with Crippen molar-refractivity contribution >= 4 is 23.4 Å². The van der Waals surface area contributed by atoms with Gasteiger partial charge in [-0.05, 0) is 18.7 Å². The van der Waals surface area contributed by atoms with Crippen LogP contribution in [0, 0.1) is 22.0 Å². The molecule has 0 aliphatic carbocycles. The number of thiocyanates is 1. The number of halogens is 1. The van der Waals surface area contributed by atoms with Crippen LogP contribution in [0.25, 0.3) is 0 Å². The zero-order chi connectivity index (χ0) is 7.33. The second-order valence-electron chi connectivity index (χ2n) is 1.67. The molecule has 0 rings (SSSR count). The van der Waals surface area contributed by atoms with E-state index in [0.717, 1.165) is 11.8 Å². The Bertz CT molecular complexity index is 169. The molecule has 4 heteroatoms. The van der Waals surface area contributed by atoms with Gasteiger partial charge in [0.05, 0.1) is 11.9 Å². The quantitative estimate of drug-likeness (QED) is 0.457. The van der Waals surface area contributed by atoms with Gasteiger partial charge in [0.15, 0.2) is 0 Å². The highest BCUT2D eigenvalue weighted by molar-refractivity contribution is 8.05. The van der Waals surface area contributed by atoms with Gasteiger partial charge in [-0.2, -0.15) is 10.5 Å². The minimum atomic E-state index is -0.740. The molecule has 0 bridgehead atoms. The summed E-state index contributed by atoms with van der Waals surface area (Å²) in [6.45, 7) is 1.63. The van der Waals surface area contributed by atoms with Crippen LogP contribution in [-0.4, -0.2) is 10.6 Å². The second kappa shape index (κ2) is 3.61. The van der Waals surface area contributed by atoms with Crippen molar-refractivity contribution in [3.05, 3.63) is 0 Å². The fraction of sp³-hybridized carbons (Fsp3) is 0.600. The van der Waals surface area contributed by atoms with E-state index in [1.165, 1.54) is 0 Å². The zero-order valence-electron chi connectivity index (χ0n) is 4.89. The maximum Gasteiger partial charge on any atom is 0.135 e. The molecule has 1 atom stereocenters. The lowest BCUT2D eigenvalue weighted by atomic mass is 10.2. The first kappa shape index (κ1) is 8.62. The van der Waals surface area contributed by atoms with Gasteiger partial charge in [0.2, 0.25) is 0 Å². The first-order chi connectivity index (χ1) is 4.18. The molecule has 1 unspecified atom stereocenters. The van der Waals surface area contributed by atoms with Gasteiger partial charge in [-0.3, -0.25) is 0 Å². The summed E-state index contributed by atoms with van der Waals surface area (Å²) in [6.07, 6.45) is 0. The molecule has 0 aromatic heterocycles. The molecule has 48 valence electrons. The number of nitrogens with zero attached hydrogens (tertiary/aromatic N) is 2. The summed E-state index contributed by atoms with van der Waals surface area (Å²) in [7, 11) is 0. The van der Waals surface area contributed by atoms with Crippen LogP contribution in [-0.2, 0) is 0 Å². The van der Waals surface area contributed by atoms with E-state index in [2.05, 4.69) is 0 Å². The molecule has 2 nitrogen and oxygen atoms in total. The Morgan fingerprint density at radius 2 is 2.22 bits per heavy atom. The number of rotatable bonds is 2. The average molecular weight is 161 g/mol. The zero-order valence-corrected chi connectivity index (χ0v) is 6.46. The number of hydrogen-bond acceptors (Lipinski definition) is 3. The molecule has 0 spiro atoms. The molecule has 0 saturated carbocycles. The van der Waals surface area contributed by atoms with Gasteiger partial charge in [-0.1, -0.05) is 0 Å². The molecular formula is C5H5ClN2S. The Morgan fingerprint density at radius 1 is 1.67 bits per heavy atom. The van der Waals surface area contributed by atoms with Gasteiger partial charge >= 0.3 is 0 Å². The van der Waals surface area contributed by atoms with Crippen LogP contribution in [0.5, 0.6) is 0 Å². The van der Waals surface area contributed by atoms with Gasteiger partial charge < -0.3 is 0 Å². The summed E-state index contributed by atoms with van der Waals surface area (Å²) in [5.41, 5.74) is 0. The molecular weight excluding hydrogens is 156 g/mol. The Balaban J connectivity index is 4.01. The summed E-state index contributed by atoms with van der Waals surface area (Å²) in [4.78, 5) is 0. The van der Waals surface area contributed by atoms with Gasteiger partial charge in [0, 0.05) is 0 Å². The molecule has 0 saturated heterocycles. The summed E-state index contributed by atoms with van der Waals surface area (Å²) in [6, 6.07) is 1.94. The monoisotopic (exact) mass is 160 g/mol. The molecule has 0 radical (unpaired) electrons. The summed E-state index contributed by atoms with van der Waals surface area (Å²) in [5.74, 6) is 0.182. The minimum absolute atomic E-state index is 0.182. The van der Waals surface area contributed by atoms with Crippen molar-refractivity contribution < 1.29 is 0 Å². The first-order valence-electron chi connectivity index (χ1n) is 2.23. The highest BCUT2D eigenvalue weighted by Gasteiger charge is 2.22. The first-order valence-corrected chi connectivity index (χ1v) is 3.58. The fourth-order valence-electron chi connectivity index (χ4n) is 0.181. The van der Waals surface area contributed by atoms with E-state index in [0.29, 0.717) is 0 Å². The Hall–Kier alpha value is -0.380. The average Bonchev–Trinajstić information content (AvgIpc) is 1.89. The molecule has 0 aromatic rings. The van der Waals surface area contributed by atoms with E-state index in [-0.39, 0.29) is 5.88 Å². The topological polar surface area (TPSA) is 47.6 Å². The van der Waals surface area contributed by atoms with E-state index in [1.54, 1.807) is 6.92 Å². The van der Waals surface area contributed by atoms with Gasteiger partial charge in [0.25, 0.3) is 0 Å². The van der Waals surface area contributed by atoms with Gasteiger partial charge in [0.1, 0.15) is 10.1 Å². The van der Waals surface area contributed by atoms with Gasteiger partial charge in [-0.15, -0.1) is 11.6 Å². The van der Waals surface area contributed by atoms with Crippen molar-refractivity contribution in [1.29, 1.82) is 10.5 Å². The Morgan fingerprint density at radius 3 is 2.33 bits per heavy atom. The highest BCUT2D eigenvalue weighted by atomic mass is 35.5. The molecule has 9 heavy (non-hydrogen) atoms. The standard InChI is InChI=1S/C5H5ClN2S/c1-5(2-6,3-7)9-4-8/h2H2,1H3. The summed E-state index contributed by atoms with van der Waals surface area (Å²) < 4.78 is -0.740. The van der Waals surface area contributed by atoms with Crippen molar-refractivity contribution in [1.82, 2.24) is 0 Å². The molecule has 0 aliphatic rings. The van der Waals surface area contributed by atoms with Crippen LogP contribution in [0.1, 0.15) is 6.92 Å². The van der Waals surface area contributed by atoms with E-state index < -0.39 is 4.75 Å². The Kier molecular flexibility index (Phi) is 3.46. The van der Waals surface area contributed by atoms with Gasteiger partial charge in [-0.25, -0.2) is 0 Å². The normalized spacial score (nSPS) is 15.1. The van der Waals surface area contributed by atoms with Crippen molar-refractivity contribution in [2.75, 3.05) is 5.88 Å². The number of hydrogen-bond donors (Lipinski definition) is 0. The molecule has 0 heterocycles. The summed E-state index contributed by atoms with van der Waals surface area (Å²) in [5, 5.41) is 18.4. The second-order valence-corrected chi connectivity index (χ2v) is 3.22. The molecule has 0 amide bonds. The maximum atomic E-state index is 8.41.